The summed E-state index contributed by atoms with van der Waals surface area (Å²) in [7, 11) is 0. The van der Waals surface area contributed by atoms with Gasteiger partial charge in [0.1, 0.15) is 10.9 Å². The molecule has 152 valence electrons. The number of thiazole rings is 1. The number of allylic oxidation sites excluding steroid dienone is 2. The first-order valence-electron chi connectivity index (χ1n) is 9.77. The number of rotatable bonds is 4. The van der Waals surface area contributed by atoms with Gasteiger partial charge in [-0.25, -0.2) is 4.98 Å². The van der Waals surface area contributed by atoms with Crippen molar-refractivity contribution in [2.24, 2.45) is 5.41 Å². The average molecular weight is 416 g/mol. The normalized spacial score (nSPS) is 12.1. The highest BCUT2D eigenvalue weighted by Crippen LogP contribution is 2.32. The number of nitrogens with one attached hydrogen (secondary N) is 1. The van der Waals surface area contributed by atoms with Crippen molar-refractivity contribution < 1.29 is 4.79 Å². The third-order valence-electron chi connectivity index (χ3n) is 4.74. The second-order valence-electron chi connectivity index (χ2n) is 8.16. The largest absolute Gasteiger partial charge is 0.323 e. The van der Waals surface area contributed by atoms with Crippen molar-refractivity contribution >= 4 is 22.8 Å². The van der Waals surface area contributed by atoms with Crippen LogP contribution in [0.2, 0.25) is 0 Å². The van der Waals surface area contributed by atoms with Crippen molar-refractivity contribution in [2.75, 3.05) is 0 Å². The molecule has 1 heterocycles. The van der Waals surface area contributed by atoms with E-state index in [2.05, 4.69) is 28.5 Å². The lowest BCUT2D eigenvalue weighted by Crippen LogP contribution is -2.31. The van der Waals surface area contributed by atoms with E-state index in [4.69, 9.17) is 0 Å². The summed E-state index contributed by atoms with van der Waals surface area (Å²) in [5.74, 6) is -0.225. The van der Waals surface area contributed by atoms with Gasteiger partial charge in [0.2, 0.25) is 0 Å². The molecule has 0 radical (unpaired) electrons. The zero-order valence-electron chi connectivity index (χ0n) is 17.9. The standard InChI is InChI=1S/C25H25N3OS/c1-16-22(30-17(2)27-16)24(29)28-23(25(3,4)5)21(15-26)20-13-11-19(12-14-20)18-9-7-6-8-10-18/h6-14H,1-5H3,(H,28,29). The molecule has 1 N–H and O–H groups in total. The number of aromatic nitrogens is 1. The minimum absolute atomic E-state index is 0.225. The SMILES string of the molecule is Cc1nc(C)c(C(=O)NC(=C(C#N)c2ccc(-c3ccccc3)cc2)C(C)(C)C)s1. The highest BCUT2D eigenvalue weighted by atomic mass is 32.1. The Balaban J connectivity index is 2.01. The molecule has 0 saturated carbocycles. The molecule has 0 aliphatic rings. The van der Waals surface area contributed by atoms with Gasteiger partial charge in [0.25, 0.3) is 5.91 Å². The molecular formula is C25H25N3OS. The molecule has 0 bridgehead atoms. The van der Waals surface area contributed by atoms with Crippen LogP contribution in [0.5, 0.6) is 0 Å². The van der Waals surface area contributed by atoms with E-state index < -0.39 is 5.41 Å². The van der Waals surface area contributed by atoms with Crippen LogP contribution in [-0.4, -0.2) is 10.9 Å². The Hall–Kier alpha value is -3.23. The van der Waals surface area contributed by atoms with E-state index in [1.54, 1.807) is 0 Å². The zero-order valence-corrected chi connectivity index (χ0v) is 18.7. The number of carbonyl (C=O) groups excluding carboxylic acids is 1. The first-order chi connectivity index (χ1) is 14.2. The second-order valence-corrected chi connectivity index (χ2v) is 9.36. The van der Waals surface area contributed by atoms with Gasteiger partial charge in [-0.15, -0.1) is 11.3 Å². The van der Waals surface area contributed by atoms with Gasteiger partial charge < -0.3 is 5.32 Å². The summed E-state index contributed by atoms with van der Waals surface area (Å²) in [5.41, 5.74) is 4.32. The van der Waals surface area contributed by atoms with E-state index >= 15 is 0 Å². The maximum absolute atomic E-state index is 12.9. The molecule has 0 aliphatic heterocycles. The molecule has 0 aliphatic carbocycles. The van der Waals surface area contributed by atoms with E-state index in [0.29, 0.717) is 21.8 Å². The van der Waals surface area contributed by atoms with Crippen LogP contribution < -0.4 is 5.32 Å². The van der Waals surface area contributed by atoms with Crippen molar-refractivity contribution in [3.63, 3.8) is 0 Å². The second kappa shape index (κ2) is 8.64. The van der Waals surface area contributed by atoms with Crippen LogP contribution in [0.1, 0.15) is 46.7 Å². The smallest absolute Gasteiger partial charge is 0.267 e. The molecule has 0 fully saturated rings. The number of hydrogen-bond donors (Lipinski definition) is 1. The quantitative estimate of drug-likeness (QED) is 0.521. The third-order valence-corrected chi connectivity index (χ3v) is 5.81. The monoisotopic (exact) mass is 415 g/mol. The van der Waals surface area contributed by atoms with Crippen LogP contribution in [0.4, 0.5) is 0 Å². The van der Waals surface area contributed by atoms with Gasteiger partial charge in [0.15, 0.2) is 0 Å². The summed E-state index contributed by atoms with van der Waals surface area (Å²) in [6.45, 7) is 9.67. The van der Waals surface area contributed by atoms with Crippen LogP contribution in [0.25, 0.3) is 16.7 Å². The molecular weight excluding hydrogens is 390 g/mol. The first kappa shape index (κ1) is 21.5. The average Bonchev–Trinajstić information content (AvgIpc) is 3.06. The van der Waals surface area contributed by atoms with Crippen LogP contribution in [0.3, 0.4) is 0 Å². The highest BCUT2D eigenvalue weighted by Gasteiger charge is 2.26. The Bertz CT molecular complexity index is 1130. The molecule has 4 nitrogen and oxygen atoms in total. The van der Waals surface area contributed by atoms with Crippen LogP contribution in [0.15, 0.2) is 60.3 Å². The molecule has 1 amide bonds. The fourth-order valence-electron chi connectivity index (χ4n) is 3.26. The molecule has 3 aromatic rings. The summed E-state index contributed by atoms with van der Waals surface area (Å²) in [6.07, 6.45) is 0. The molecule has 5 heteroatoms. The predicted octanol–water partition coefficient (Wildman–Crippen LogP) is 6.14. The minimum Gasteiger partial charge on any atom is -0.323 e. The van der Waals surface area contributed by atoms with Crippen LogP contribution in [0, 0.1) is 30.6 Å². The molecule has 0 spiro atoms. The number of amides is 1. The number of aryl methyl sites for hydroxylation is 2. The van der Waals surface area contributed by atoms with Crippen molar-refractivity contribution in [1.29, 1.82) is 5.26 Å². The topological polar surface area (TPSA) is 65.8 Å². The maximum atomic E-state index is 12.9. The van der Waals surface area contributed by atoms with E-state index in [1.807, 2.05) is 77.1 Å². The number of nitrogens with zero attached hydrogens (tertiary/aromatic N) is 2. The van der Waals surface area contributed by atoms with Crippen molar-refractivity contribution in [3.8, 4) is 17.2 Å². The van der Waals surface area contributed by atoms with E-state index in [9.17, 15) is 10.1 Å². The lowest BCUT2D eigenvalue weighted by Gasteiger charge is -2.25. The zero-order chi connectivity index (χ0) is 21.9. The van der Waals surface area contributed by atoms with E-state index in [1.165, 1.54) is 11.3 Å². The lowest BCUT2D eigenvalue weighted by molar-refractivity contribution is 0.0961. The Kier molecular flexibility index (Phi) is 6.19. The number of benzene rings is 2. The highest BCUT2D eigenvalue weighted by molar-refractivity contribution is 7.13. The number of hydrogen-bond acceptors (Lipinski definition) is 4. The Morgan fingerprint density at radius 2 is 1.60 bits per heavy atom. The fourth-order valence-corrected chi connectivity index (χ4v) is 4.08. The van der Waals surface area contributed by atoms with Crippen molar-refractivity contribution in [2.45, 2.75) is 34.6 Å². The van der Waals surface area contributed by atoms with Gasteiger partial charge in [0.05, 0.1) is 16.3 Å². The van der Waals surface area contributed by atoms with Crippen LogP contribution >= 0.6 is 11.3 Å². The Morgan fingerprint density at radius 3 is 2.10 bits per heavy atom. The van der Waals surface area contributed by atoms with Gasteiger partial charge in [-0.1, -0.05) is 75.4 Å². The predicted molar refractivity (Wildman–Crippen MR) is 123 cm³/mol. The van der Waals surface area contributed by atoms with Gasteiger partial charge in [-0.3, -0.25) is 4.79 Å². The van der Waals surface area contributed by atoms with Crippen molar-refractivity contribution in [3.05, 3.63) is 81.4 Å². The van der Waals surface area contributed by atoms with Crippen molar-refractivity contribution in [1.82, 2.24) is 10.3 Å². The third kappa shape index (κ3) is 4.67. The number of nitriles is 1. The summed E-state index contributed by atoms with van der Waals surface area (Å²) in [4.78, 5) is 17.9. The Morgan fingerprint density at radius 1 is 1.00 bits per heavy atom. The summed E-state index contributed by atoms with van der Waals surface area (Å²) >= 11 is 1.36. The first-order valence-corrected chi connectivity index (χ1v) is 10.6. The molecule has 3 rings (SSSR count). The summed E-state index contributed by atoms with van der Waals surface area (Å²) in [6, 6.07) is 20.3. The minimum atomic E-state index is -0.424. The molecule has 0 saturated heterocycles. The van der Waals surface area contributed by atoms with Gasteiger partial charge >= 0.3 is 0 Å². The molecule has 2 aromatic carbocycles. The fraction of sp³-hybridized carbons (Fsp3) is 0.240. The van der Waals surface area contributed by atoms with E-state index in [0.717, 1.165) is 21.7 Å². The van der Waals surface area contributed by atoms with Gasteiger partial charge in [0, 0.05) is 11.1 Å². The maximum Gasteiger partial charge on any atom is 0.267 e. The Labute approximate surface area is 181 Å². The molecule has 0 atom stereocenters. The van der Waals surface area contributed by atoms with Gasteiger partial charge in [-0.05, 0) is 30.5 Å². The molecule has 0 unspecified atom stereocenters. The number of carbonyl (C=O) groups is 1. The molecule has 1 aromatic heterocycles. The van der Waals surface area contributed by atoms with Crippen LogP contribution in [-0.2, 0) is 0 Å². The van der Waals surface area contributed by atoms with Gasteiger partial charge in [-0.2, -0.15) is 5.26 Å². The summed E-state index contributed by atoms with van der Waals surface area (Å²) in [5, 5.41) is 13.8. The molecule has 30 heavy (non-hydrogen) atoms. The summed E-state index contributed by atoms with van der Waals surface area (Å²) < 4.78 is 0. The van der Waals surface area contributed by atoms with E-state index in [-0.39, 0.29) is 5.91 Å². The lowest BCUT2D eigenvalue weighted by atomic mass is 9.86.